The largest absolute Gasteiger partial charge is 0.508 e. The van der Waals surface area contributed by atoms with Crippen molar-refractivity contribution in [2.45, 2.75) is 0 Å². The maximum atomic E-state index is 9.35. The summed E-state index contributed by atoms with van der Waals surface area (Å²) in [6.45, 7) is 0. The number of hydrogen-bond donors (Lipinski definition) is 3. The average Bonchev–Trinajstić information content (AvgIpc) is 3.24. The van der Waals surface area contributed by atoms with Crippen molar-refractivity contribution in [3.63, 3.8) is 0 Å². The molecule has 0 unspecified atom stereocenters. The number of rotatable bonds is 12. The van der Waals surface area contributed by atoms with Gasteiger partial charge in [0, 0.05) is 18.2 Å². The molecule has 0 amide bonds. The number of benzene rings is 6. The Morgan fingerprint density at radius 3 is 0.825 bits per heavy atom. The Morgan fingerprint density at radius 2 is 0.526 bits per heavy atom. The first-order chi connectivity index (χ1) is 27.6. The third kappa shape index (κ3) is 14.5. The molecule has 0 atom stereocenters. The third-order valence-electron chi connectivity index (χ3n) is 8.20. The normalized spacial score (nSPS) is 10.6. The average molecular weight is 769 g/mol. The quantitative estimate of drug-likeness (QED) is 0.105. The van der Waals surface area contributed by atoms with Gasteiger partial charge < -0.3 is 43.7 Å². The Balaban J connectivity index is 0.000000190. The van der Waals surface area contributed by atoms with Crippen molar-refractivity contribution in [1.29, 1.82) is 0 Å². The first kappa shape index (κ1) is 42.5. The van der Waals surface area contributed by atoms with E-state index in [4.69, 9.17) is 28.4 Å². The van der Waals surface area contributed by atoms with Gasteiger partial charge in [0.05, 0.1) is 42.7 Å². The lowest BCUT2D eigenvalue weighted by Gasteiger charge is -2.05. The van der Waals surface area contributed by atoms with Gasteiger partial charge in [-0.2, -0.15) is 0 Å². The van der Waals surface area contributed by atoms with E-state index >= 15 is 0 Å². The fraction of sp³-hybridized carbons (Fsp3) is 0.125. The van der Waals surface area contributed by atoms with Crippen LogP contribution in [0, 0.1) is 0 Å². The third-order valence-corrected chi connectivity index (χ3v) is 8.20. The number of phenolic OH excluding ortho intramolecular Hbond substituents is 3. The van der Waals surface area contributed by atoms with Crippen molar-refractivity contribution in [1.82, 2.24) is 0 Å². The van der Waals surface area contributed by atoms with Crippen molar-refractivity contribution in [2.24, 2.45) is 0 Å². The van der Waals surface area contributed by atoms with Crippen LogP contribution in [0.25, 0.3) is 36.5 Å². The second kappa shape index (κ2) is 22.2. The molecule has 57 heavy (non-hydrogen) atoms. The summed E-state index contributed by atoms with van der Waals surface area (Å²) in [4.78, 5) is 0. The maximum absolute atomic E-state index is 9.35. The highest BCUT2D eigenvalue weighted by Gasteiger charge is 2.01. The van der Waals surface area contributed by atoms with Gasteiger partial charge in [-0.1, -0.05) is 72.9 Å². The molecule has 0 aromatic heterocycles. The summed E-state index contributed by atoms with van der Waals surface area (Å²) in [6.07, 6.45) is 11.7. The molecule has 0 spiro atoms. The summed E-state index contributed by atoms with van der Waals surface area (Å²) in [5.41, 5.74) is 5.88. The van der Waals surface area contributed by atoms with Crippen LogP contribution in [0.15, 0.2) is 127 Å². The molecule has 6 aromatic rings. The van der Waals surface area contributed by atoms with Gasteiger partial charge in [-0.15, -0.1) is 0 Å². The first-order valence-electron chi connectivity index (χ1n) is 17.7. The Bertz CT molecular complexity index is 2160. The number of hydrogen-bond acceptors (Lipinski definition) is 9. The van der Waals surface area contributed by atoms with Crippen LogP contribution in [0.1, 0.15) is 33.4 Å². The minimum atomic E-state index is 0.0457. The molecule has 3 N–H and O–H groups in total. The second-order valence-electron chi connectivity index (χ2n) is 12.2. The Morgan fingerprint density at radius 1 is 0.263 bits per heavy atom. The van der Waals surface area contributed by atoms with Crippen LogP contribution >= 0.6 is 0 Å². The van der Waals surface area contributed by atoms with Crippen molar-refractivity contribution >= 4 is 36.5 Å². The Labute approximate surface area is 334 Å². The fourth-order valence-electron chi connectivity index (χ4n) is 5.16. The van der Waals surface area contributed by atoms with E-state index in [0.717, 1.165) is 67.9 Å². The first-order valence-corrected chi connectivity index (χ1v) is 17.7. The minimum Gasteiger partial charge on any atom is -0.508 e. The van der Waals surface area contributed by atoms with E-state index < -0.39 is 0 Å². The fourth-order valence-corrected chi connectivity index (χ4v) is 5.16. The summed E-state index contributed by atoms with van der Waals surface area (Å²) in [6, 6.07) is 38.4. The molecule has 0 aliphatic heterocycles. The molecule has 0 fully saturated rings. The lowest BCUT2D eigenvalue weighted by atomic mass is 10.1. The van der Waals surface area contributed by atoms with Gasteiger partial charge in [-0.05, 0) is 106 Å². The highest BCUT2D eigenvalue weighted by atomic mass is 16.5. The predicted molar refractivity (Wildman–Crippen MR) is 230 cm³/mol. The zero-order chi connectivity index (χ0) is 41.0. The number of methoxy groups -OCH3 is 6. The van der Waals surface area contributed by atoms with E-state index in [1.54, 1.807) is 66.9 Å². The molecule has 0 aliphatic rings. The van der Waals surface area contributed by atoms with Crippen molar-refractivity contribution in [2.75, 3.05) is 42.7 Å². The smallest absolute Gasteiger partial charge is 0.123 e. The van der Waals surface area contributed by atoms with Crippen molar-refractivity contribution in [3.8, 4) is 51.7 Å². The SMILES string of the molecule is COc1cc(/C=C/c2ccc(O)cc2)cc(OC)c1.COc1ccc(/C=C/c2cc(O)cc(O)c2)cc1.COc1ccc(/C=C/c2cc(OC)cc(OC)c2)cc1. The van der Waals surface area contributed by atoms with Crippen LogP contribution in [0.3, 0.4) is 0 Å². The maximum Gasteiger partial charge on any atom is 0.123 e. The Hall–Kier alpha value is -7.26. The van der Waals surface area contributed by atoms with Crippen molar-refractivity contribution in [3.05, 3.63) is 161 Å². The molecule has 0 saturated heterocycles. The van der Waals surface area contributed by atoms with E-state index in [-0.39, 0.29) is 17.2 Å². The van der Waals surface area contributed by atoms with Gasteiger partial charge >= 0.3 is 0 Å². The van der Waals surface area contributed by atoms with Crippen molar-refractivity contribution < 1.29 is 43.7 Å². The van der Waals surface area contributed by atoms with Crippen LogP contribution in [-0.2, 0) is 0 Å². The van der Waals surface area contributed by atoms with Gasteiger partial charge in [-0.25, -0.2) is 0 Å². The molecule has 6 rings (SSSR count). The monoisotopic (exact) mass is 768 g/mol. The van der Waals surface area contributed by atoms with Crippen LogP contribution < -0.4 is 28.4 Å². The molecule has 9 heteroatoms. The number of ether oxygens (including phenoxy) is 6. The summed E-state index contributed by atoms with van der Waals surface area (Å²) in [5.74, 6) is 5.08. The number of phenols is 3. The van der Waals surface area contributed by atoms with Gasteiger partial charge in [-0.3, -0.25) is 0 Å². The standard InChI is InChI=1S/C17H18O3.C16H16O3.C15H14O3/c1-18-15-8-6-13(7-9-15)4-5-14-10-16(19-2)12-17(11-14)20-3;1-18-15-9-13(10-16(11-15)19-2)4-3-12-5-7-14(17)8-6-12;1-18-15-6-4-11(5-7-15)2-3-12-8-13(16)10-14(17)9-12/h4-12H,1-3H3;3-11,17H,1-2H3;2-10,16-17H,1H3/b5-4+;4-3+;3-2+. The summed E-state index contributed by atoms with van der Waals surface area (Å²) in [7, 11) is 9.83. The summed E-state index contributed by atoms with van der Waals surface area (Å²) < 4.78 is 31.1. The number of aromatic hydroxyl groups is 3. The molecule has 6 aromatic carbocycles. The van der Waals surface area contributed by atoms with E-state index in [9.17, 15) is 15.3 Å². The van der Waals surface area contributed by atoms with E-state index in [1.165, 1.54) is 6.07 Å². The molecule has 294 valence electrons. The molecule has 0 radical (unpaired) electrons. The zero-order valence-corrected chi connectivity index (χ0v) is 32.9. The zero-order valence-electron chi connectivity index (χ0n) is 32.9. The van der Waals surface area contributed by atoms with Gasteiger partial charge in [0.25, 0.3) is 0 Å². The lowest BCUT2D eigenvalue weighted by molar-refractivity contribution is 0.394. The molecular formula is C48H48O9. The predicted octanol–water partition coefficient (Wildman–Crippen LogP) is 10.7. The van der Waals surface area contributed by atoms with Crippen LogP contribution in [-0.4, -0.2) is 58.0 Å². The topological polar surface area (TPSA) is 116 Å². The van der Waals surface area contributed by atoms with E-state index in [2.05, 4.69) is 0 Å². The molecule has 0 saturated carbocycles. The highest BCUT2D eigenvalue weighted by molar-refractivity contribution is 5.73. The minimum absolute atomic E-state index is 0.0457. The molecular weight excluding hydrogens is 721 g/mol. The Kier molecular flexibility index (Phi) is 16.5. The van der Waals surface area contributed by atoms with Crippen LogP contribution in [0.2, 0.25) is 0 Å². The van der Waals surface area contributed by atoms with E-state index in [0.29, 0.717) is 0 Å². The van der Waals surface area contributed by atoms with Gasteiger partial charge in [0.2, 0.25) is 0 Å². The lowest BCUT2D eigenvalue weighted by Crippen LogP contribution is -1.88. The molecule has 0 heterocycles. The molecule has 0 bridgehead atoms. The van der Waals surface area contributed by atoms with Crippen LogP contribution in [0.4, 0.5) is 0 Å². The van der Waals surface area contributed by atoms with Gasteiger partial charge in [0.1, 0.15) is 51.7 Å². The van der Waals surface area contributed by atoms with Crippen LogP contribution in [0.5, 0.6) is 51.7 Å². The molecule has 0 aliphatic carbocycles. The summed E-state index contributed by atoms with van der Waals surface area (Å²) >= 11 is 0. The van der Waals surface area contributed by atoms with E-state index in [1.807, 2.05) is 134 Å². The highest BCUT2D eigenvalue weighted by Crippen LogP contribution is 2.26. The second-order valence-corrected chi connectivity index (χ2v) is 12.2. The van der Waals surface area contributed by atoms with Gasteiger partial charge in [0.15, 0.2) is 0 Å². The molecule has 9 nitrogen and oxygen atoms in total. The summed E-state index contributed by atoms with van der Waals surface area (Å²) in [5, 5.41) is 27.9.